The summed E-state index contributed by atoms with van der Waals surface area (Å²) in [4.78, 5) is 23.1. The summed E-state index contributed by atoms with van der Waals surface area (Å²) in [6.45, 7) is 4.77. The Hall–Kier alpha value is -1.02. The standard InChI is InChI=1S/C59H117N2O6P/c1-6-8-10-12-14-16-17-18-19-20-21-22-23-24-25-26-27-28-29-30-31-32-33-34-35-36-37-38-39-40-41-42-43-45-47-49-51-53-59(63)60-57(56-67-68(64,65)66-55-54-61(3,4)5)58(62)52-50-48-46-44-15-13-11-9-7-2/h15,44,50,52,57-58,62H,6-14,16-43,45-49,51,53-56H2,1-5H3,(H-,60,63,64,65)/p+1/b44-15+,52-50+. The van der Waals surface area contributed by atoms with E-state index in [0.717, 1.165) is 38.5 Å². The Morgan fingerprint density at radius 1 is 0.485 bits per heavy atom. The predicted octanol–water partition coefficient (Wildman–Crippen LogP) is 18.0. The van der Waals surface area contributed by atoms with Gasteiger partial charge in [-0.2, -0.15) is 0 Å². The lowest BCUT2D eigenvalue weighted by atomic mass is 10.0. The van der Waals surface area contributed by atoms with Gasteiger partial charge in [0.15, 0.2) is 0 Å². The fourth-order valence-corrected chi connectivity index (χ4v) is 9.74. The molecule has 0 aliphatic rings. The molecule has 0 aromatic carbocycles. The van der Waals surface area contributed by atoms with E-state index < -0.39 is 20.0 Å². The summed E-state index contributed by atoms with van der Waals surface area (Å²) >= 11 is 0. The van der Waals surface area contributed by atoms with Crippen LogP contribution in [0.2, 0.25) is 0 Å². The maximum Gasteiger partial charge on any atom is 0.472 e. The lowest BCUT2D eigenvalue weighted by Gasteiger charge is -2.25. The number of aliphatic hydroxyl groups is 1. The van der Waals surface area contributed by atoms with E-state index in [1.165, 1.54) is 238 Å². The number of nitrogens with one attached hydrogen (secondary N) is 1. The highest BCUT2D eigenvalue weighted by Gasteiger charge is 2.27. The molecule has 404 valence electrons. The summed E-state index contributed by atoms with van der Waals surface area (Å²) in [6, 6.07) is -0.858. The molecule has 8 nitrogen and oxygen atoms in total. The number of hydrogen-bond acceptors (Lipinski definition) is 5. The van der Waals surface area contributed by atoms with Crippen LogP contribution < -0.4 is 5.32 Å². The van der Waals surface area contributed by atoms with E-state index in [9.17, 15) is 19.4 Å². The van der Waals surface area contributed by atoms with Gasteiger partial charge >= 0.3 is 7.82 Å². The number of phosphoric ester groups is 1. The molecule has 0 heterocycles. The predicted molar refractivity (Wildman–Crippen MR) is 295 cm³/mol. The number of nitrogens with zero attached hydrogens (tertiary/aromatic N) is 1. The van der Waals surface area contributed by atoms with E-state index in [1.807, 2.05) is 27.2 Å². The second kappa shape index (κ2) is 50.9. The average Bonchev–Trinajstić information content (AvgIpc) is 3.30. The average molecular weight is 983 g/mol. The summed E-state index contributed by atoms with van der Waals surface area (Å²) in [5, 5.41) is 13.8. The van der Waals surface area contributed by atoms with Crippen LogP contribution in [0, 0.1) is 0 Å². The van der Waals surface area contributed by atoms with Gasteiger partial charge in [0, 0.05) is 6.42 Å². The van der Waals surface area contributed by atoms with Gasteiger partial charge in [0.25, 0.3) is 0 Å². The van der Waals surface area contributed by atoms with Crippen molar-refractivity contribution in [2.24, 2.45) is 0 Å². The smallest absolute Gasteiger partial charge is 0.387 e. The first-order chi connectivity index (χ1) is 33.0. The van der Waals surface area contributed by atoms with Gasteiger partial charge in [-0.15, -0.1) is 0 Å². The van der Waals surface area contributed by atoms with Crippen LogP contribution in [0.4, 0.5) is 0 Å². The lowest BCUT2D eigenvalue weighted by Crippen LogP contribution is -2.45. The zero-order valence-corrected chi connectivity index (χ0v) is 47.0. The number of carbonyl (C=O) groups excluding carboxylic acids is 1. The Balaban J connectivity index is 3.79. The van der Waals surface area contributed by atoms with Crippen LogP contribution in [-0.4, -0.2) is 73.4 Å². The number of rotatable bonds is 55. The molecule has 0 aliphatic heterocycles. The third-order valence-electron chi connectivity index (χ3n) is 13.7. The van der Waals surface area contributed by atoms with Crippen molar-refractivity contribution < 1.29 is 32.9 Å². The second-order valence-corrected chi connectivity index (χ2v) is 23.2. The maximum atomic E-state index is 12.9. The fourth-order valence-electron chi connectivity index (χ4n) is 9.00. The van der Waals surface area contributed by atoms with Crippen LogP contribution in [-0.2, 0) is 18.4 Å². The van der Waals surface area contributed by atoms with E-state index in [4.69, 9.17) is 9.05 Å². The molecule has 0 aliphatic carbocycles. The van der Waals surface area contributed by atoms with Crippen LogP contribution in [0.1, 0.15) is 296 Å². The van der Waals surface area contributed by atoms with E-state index >= 15 is 0 Å². The Kier molecular flexibility index (Phi) is 50.1. The van der Waals surface area contributed by atoms with Gasteiger partial charge in [-0.25, -0.2) is 4.57 Å². The fraction of sp³-hybridized carbons (Fsp3) is 0.915. The van der Waals surface area contributed by atoms with Crippen molar-refractivity contribution in [1.82, 2.24) is 5.32 Å². The van der Waals surface area contributed by atoms with Crippen LogP contribution in [0.15, 0.2) is 24.3 Å². The summed E-state index contributed by atoms with van der Waals surface area (Å²) in [5.74, 6) is -0.184. The Bertz CT molecular complexity index is 1160. The Morgan fingerprint density at radius 2 is 0.809 bits per heavy atom. The normalized spacial score (nSPS) is 14.0. The van der Waals surface area contributed by atoms with Crippen molar-refractivity contribution >= 4 is 13.7 Å². The number of quaternary nitrogens is 1. The van der Waals surface area contributed by atoms with Gasteiger partial charge in [0.1, 0.15) is 13.2 Å². The quantitative estimate of drug-likeness (QED) is 0.0243. The van der Waals surface area contributed by atoms with Crippen molar-refractivity contribution in [1.29, 1.82) is 0 Å². The molecule has 0 spiro atoms. The molecule has 0 rings (SSSR count). The van der Waals surface area contributed by atoms with Gasteiger partial charge < -0.3 is 19.8 Å². The van der Waals surface area contributed by atoms with Crippen LogP contribution in [0.5, 0.6) is 0 Å². The van der Waals surface area contributed by atoms with Crippen molar-refractivity contribution in [2.75, 3.05) is 40.9 Å². The molecular formula is C59H118N2O6P+. The molecule has 0 radical (unpaired) electrons. The summed E-state index contributed by atoms with van der Waals surface area (Å²) in [5.41, 5.74) is 0. The molecule has 3 N–H and O–H groups in total. The second-order valence-electron chi connectivity index (χ2n) is 21.7. The molecule has 68 heavy (non-hydrogen) atoms. The van der Waals surface area contributed by atoms with Gasteiger partial charge in [0.05, 0.1) is 39.9 Å². The van der Waals surface area contributed by atoms with Crippen LogP contribution in [0.25, 0.3) is 0 Å². The van der Waals surface area contributed by atoms with Gasteiger partial charge in [-0.1, -0.05) is 282 Å². The van der Waals surface area contributed by atoms with Crippen molar-refractivity contribution in [3.63, 3.8) is 0 Å². The highest BCUT2D eigenvalue weighted by molar-refractivity contribution is 7.47. The minimum absolute atomic E-state index is 0.0580. The highest BCUT2D eigenvalue weighted by Crippen LogP contribution is 2.43. The summed E-state index contributed by atoms with van der Waals surface area (Å²) in [7, 11) is 1.56. The van der Waals surface area contributed by atoms with Gasteiger partial charge in [0.2, 0.25) is 5.91 Å². The number of likely N-dealkylation sites (N-methyl/N-ethyl adjacent to an activating group) is 1. The minimum Gasteiger partial charge on any atom is -0.387 e. The molecule has 1 amide bonds. The first-order valence-electron chi connectivity index (χ1n) is 29.7. The van der Waals surface area contributed by atoms with E-state index in [1.54, 1.807) is 6.08 Å². The number of unbranched alkanes of at least 4 members (excludes halogenated alkanes) is 40. The minimum atomic E-state index is -4.34. The highest BCUT2D eigenvalue weighted by atomic mass is 31.2. The topological polar surface area (TPSA) is 105 Å². The van der Waals surface area contributed by atoms with Gasteiger partial charge in [-0.3, -0.25) is 13.8 Å². The van der Waals surface area contributed by atoms with E-state index in [2.05, 4.69) is 31.3 Å². The van der Waals surface area contributed by atoms with E-state index in [0.29, 0.717) is 17.4 Å². The largest absolute Gasteiger partial charge is 0.472 e. The SMILES string of the molecule is CCCCC/C=C/CC/C=C/C(O)C(COP(=O)(O)OCC[N+](C)(C)C)NC(=O)CCCCCCCCCCCCCCCCCCCCCCCCCCCCCCCCCCCCCCC. The molecule has 0 aromatic heterocycles. The first-order valence-corrected chi connectivity index (χ1v) is 31.2. The zero-order chi connectivity index (χ0) is 49.9. The monoisotopic (exact) mass is 982 g/mol. The molecule has 3 unspecified atom stereocenters. The summed E-state index contributed by atoms with van der Waals surface area (Å²) in [6.07, 6.45) is 64.9. The molecular weight excluding hydrogens is 864 g/mol. The Morgan fingerprint density at radius 3 is 1.18 bits per heavy atom. The zero-order valence-electron chi connectivity index (χ0n) is 46.1. The number of amides is 1. The molecule has 0 saturated heterocycles. The summed E-state index contributed by atoms with van der Waals surface area (Å²) < 4.78 is 23.6. The van der Waals surface area contributed by atoms with Gasteiger partial charge in [-0.05, 0) is 32.1 Å². The number of carbonyl (C=O) groups is 1. The molecule has 0 aromatic rings. The van der Waals surface area contributed by atoms with Crippen molar-refractivity contribution in [3.05, 3.63) is 24.3 Å². The molecule has 9 heteroatoms. The number of aliphatic hydroxyl groups excluding tert-OH is 1. The molecule has 0 fully saturated rings. The van der Waals surface area contributed by atoms with Crippen molar-refractivity contribution in [3.8, 4) is 0 Å². The lowest BCUT2D eigenvalue weighted by molar-refractivity contribution is -0.870. The maximum absolute atomic E-state index is 12.9. The van der Waals surface area contributed by atoms with Crippen LogP contribution in [0.3, 0.4) is 0 Å². The molecule has 0 saturated carbocycles. The number of phosphoric acid groups is 1. The first kappa shape index (κ1) is 67.0. The van der Waals surface area contributed by atoms with Crippen molar-refractivity contribution in [2.45, 2.75) is 309 Å². The third kappa shape index (κ3) is 52.8. The number of allylic oxidation sites excluding steroid dienone is 3. The van der Waals surface area contributed by atoms with E-state index in [-0.39, 0.29) is 19.1 Å². The molecule has 0 bridgehead atoms. The Labute approximate surface area is 424 Å². The molecule has 3 atom stereocenters. The number of hydrogen-bond donors (Lipinski definition) is 3. The third-order valence-corrected chi connectivity index (χ3v) is 14.7. The van der Waals surface area contributed by atoms with Crippen LogP contribution >= 0.6 is 7.82 Å².